The molecule has 0 unspecified atom stereocenters. The number of nitrogens with one attached hydrogen (secondary N) is 1. The molecule has 0 fully saturated rings. The highest BCUT2D eigenvalue weighted by Crippen LogP contribution is 2.24. The SMILES string of the molecule is CC(C)CCC[C@H](C)NC(=O)CSc1nnc(-c2ccc(Cl)cc2)o1. The molecule has 5 nitrogen and oxygen atoms in total. The van der Waals surface area contributed by atoms with E-state index in [1.54, 1.807) is 12.1 Å². The molecule has 7 heteroatoms. The summed E-state index contributed by atoms with van der Waals surface area (Å²) in [6, 6.07) is 7.34. The molecule has 0 aliphatic carbocycles. The summed E-state index contributed by atoms with van der Waals surface area (Å²) in [6.45, 7) is 6.46. The number of aromatic nitrogens is 2. The Morgan fingerprint density at radius 2 is 1.92 bits per heavy atom. The minimum atomic E-state index is -0.0201. The van der Waals surface area contributed by atoms with Crippen LogP contribution in [0, 0.1) is 5.92 Å². The summed E-state index contributed by atoms with van der Waals surface area (Å²) in [5, 5.41) is 12.0. The van der Waals surface area contributed by atoms with Crippen LogP contribution in [0.25, 0.3) is 11.5 Å². The number of hydrogen-bond donors (Lipinski definition) is 1. The lowest BCUT2D eigenvalue weighted by molar-refractivity contribution is -0.119. The van der Waals surface area contributed by atoms with Gasteiger partial charge < -0.3 is 9.73 Å². The molecule has 1 heterocycles. The maximum absolute atomic E-state index is 12.0. The van der Waals surface area contributed by atoms with Crippen LogP contribution in [0.3, 0.4) is 0 Å². The van der Waals surface area contributed by atoms with E-state index in [2.05, 4.69) is 29.4 Å². The third-order valence-electron chi connectivity index (χ3n) is 3.65. The highest BCUT2D eigenvalue weighted by atomic mass is 35.5. The van der Waals surface area contributed by atoms with E-state index < -0.39 is 0 Å². The molecule has 1 N–H and O–H groups in total. The van der Waals surface area contributed by atoms with Crippen molar-refractivity contribution in [2.75, 3.05) is 5.75 Å². The quantitative estimate of drug-likeness (QED) is 0.631. The first-order valence-electron chi connectivity index (χ1n) is 8.45. The van der Waals surface area contributed by atoms with Gasteiger partial charge in [-0.1, -0.05) is 50.1 Å². The van der Waals surface area contributed by atoms with Crippen LogP contribution >= 0.6 is 23.4 Å². The van der Waals surface area contributed by atoms with Crippen molar-refractivity contribution in [3.05, 3.63) is 29.3 Å². The van der Waals surface area contributed by atoms with Gasteiger partial charge in [0.15, 0.2) is 0 Å². The van der Waals surface area contributed by atoms with E-state index in [9.17, 15) is 4.79 Å². The van der Waals surface area contributed by atoms with E-state index in [0.29, 0.717) is 22.1 Å². The Bertz CT molecular complexity index is 673. The first-order chi connectivity index (χ1) is 11.9. The number of amides is 1. The van der Waals surface area contributed by atoms with Gasteiger partial charge in [0.05, 0.1) is 5.75 Å². The Morgan fingerprint density at radius 1 is 1.20 bits per heavy atom. The maximum atomic E-state index is 12.0. The summed E-state index contributed by atoms with van der Waals surface area (Å²) < 4.78 is 5.57. The highest BCUT2D eigenvalue weighted by Gasteiger charge is 2.13. The molecule has 0 bridgehead atoms. The lowest BCUT2D eigenvalue weighted by atomic mass is 10.0. The molecule has 1 atom stereocenters. The summed E-state index contributed by atoms with van der Waals surface area (Å²) in [6.07, 6.45) is 3.31. The van der Waals surface area contributed by atoms with Crippen molar-refractivity contribution in [2.24, 2.45) is 5.92 Å². The van der Waals surface area contributed by atoms with Gasteiger partial charge in [-0.25, -0.2) is 0 Å². The molecular weight excluding hydrogens is 358 g/mol. The van der Waals surface area contributed by atoms with Gasteiger partial charge in [0.25, 0.3) is 5.22 Å². The van der Waals surface area contributed by atoms with Crippen molar-refractivity contribution < 1.29 is 9.21 Å². The predicted molar refractivity (Wildman–Crippen MR) is 102 cm³/mol. The smallest absolute Gasteiger partial charge is 0.277 e. The summed E-state index contributed by atoms with van der Waals surface area (Å²) in [5.41, 5.74) is 0.798. The van der Waals surface area contributed by atoms with Crippen LogP contribution in [-0.2, 0) is 4.79 Å². The number of carbonyl (C=O) groups excluding carboxylic acids is 1. The van der Waals surface area contributed by atoms with E-state index in [1.165, 1.54) is 18.2 Å². The van der Waals surface area contributed by atoms with Crippen LogP contribution in [0.5, 0.6) is 0 Å². The zero-order valence-electron chi connectivity index (χ0n) is 14.8. The van der Waals surface area contributed by atoms with Gasteiger partial charge in [-0.3, -0.25) is 4.79 Å². The minimum Gasteiger partial charge on any atom is -0.411 e. The molecule has 0 aliphatic rings. The fourth-order valence-corrected chi connectivity index (χ4v) is 3.03. The molecular formula is C18H24ClN3O2S. The number of thioether (sulfide) groups is 1. The lowest BCUT2D eigenvalue weighted by Gasteiger charge is -2.14. The number of hydrogen-bond acceptors (Lipinski definition) is 5. The largest absolute Gasteiger partial charge is 0.411 e. The normalized spacial score (nSPS) is 12.4. The first-order valence-corrected chi connectivity index (χ1v) is 9.82. The molecule has 0 saturated heterocycles. The van der Waals surface area contributed by atoms with Crippen molar-refractivity contribution in [3.8, 4) is 11.5 Å². The van der Waals surface area contributed by atoms with Gasteiger partial charge in [-0.05, 0) is 43.5 Å². The van der Waals surface area contributed by atoms with Crippen LogP contribution < -0.4 is 5.32 Å². The van der Waals surface area contributed by atoms with Gasteiger partial charge in [-0.15, -0.1) is 10.2 Å². The zero-order valence-corrected chi connectivity index (χ0v) is 16.4. The molecule has 136 valence electrons. The second-order valence-corrected chi connectivity index (χ2v) is 7.83. The standard InChI is InChI=1S/C18H24ClN3O2S/c1-12(2)5-4-6-13(3)20-16(23)11-25-18-22-21-17(24-18)14-7-9-15(19)10-8-14/h7-10,12-13H,4-6,11H2,1-3H3,(H,20,23)/t13-/m0/s1. The van der Waals surface area contributed by atoms with Crippen molar-refractivity contribution in [2.45, 2.75) is 51.3 Å². The highest BCUT2D eigenvalue weighted by molar-refractivity contribution is 7.99. The van der Waals surface area contributed by atoms with Crippen molar-refractivity contribution in [3.63, 3.8) is 0 Å². The van der Waals surface area contributed by atoms with Gasteiger partial charge in [-0.2, -0.15) is 0 Å². The Hall–Kier alpha value is -1.53. The molecule has 1 aromatic carbocycles. The molecule has 2 aromatic rings. The Morgan fingerprint density at radius 3 is 2.60 bits per heavy atom. The molecule has 1 aromatic heterocycles. The van der Waals surface area contributed by atoms with Gasteiger partial charge in [0.2, 0.25) is 11.8 Å². The van der Waals surface area contributed by atoms with Gasteiger partial charge in [0.1, 0.15) is 0 Å². The molecule has 0 aliphatic heterocycles. The third-order valence-corrected chi connectivity index (χ3v) is 4.72. The Balaban J connectivity index is 1.75. The Labute approximate surface area is 157 Å². The van der Waals surface area contributed by atoms with Crippen molar-refractivity contribution in [1.82, 2.24) is 15.5 Å². The maximum Gasteiger partial charge on any atom is 0.277 e. The molecule has 25 heavy (non-hydrogen) atoms. The fraction of sp³-hybridized carbons (Fsp3) is 0.500. The number of nitrogens with zero attached hydrogens (tertiary/aromatic N) is 2. The molecule has 0 saturated carbocycles. The average molecular weight is 382 g/mol. The first kappa shape index (κ1) is 19.8. The predicted octanol–water partition coefficient (Wildman–Crippen LogP) is 4.81. The Kier molecular flexibility index (Phi) is 7.78. The number of halogens is 1. The summed E-state index contributed by atoms with van der Waals surface area (Å²) in [7, 11) is 0. The third kappa shape index (κ3) is 7.08. The van der Waals surface area contributed by atoms with E-state index in [-0.39, 0.29) is 17.7 Å². The van der Waals surface area contributed by atoms with Crippen LogP contribution in [0.2, 0.25) is 5.02 Å². The number of rotatable bonds is 9. The molecule has 1 amide bonds. The van der Waals surface area contributed by atoms with Gasteiger partial charge in [0, 0.05) is 16.6 Å². The minimum absolute atomic E-state index is 0.0201. The fourth-order valence-electron chi connectivity index (χ4n) is 2.33. The second-order valence-electron chi connectivity index (χ2n) is 6.46. The van der Waals surface area contributed by atoms with Crippen LogP contribution in [-0.4, -0.2) is 27.9 Å². The van der Waals surface area contributed by atoms with Crippen molar-refractivity contribution in [1.29, 1.82) is 0 Å². The van der Waals surface area contributed by atoms with E-state index in [4.69, 9.17) is 16.0 Å². The monoisotopic (exact) mass is 381 g/mol. The second kappa shape index (κ2) is 9.82. The average Bonchev–Trinajstić information content (AvgIpc) is 3.02. The summed E-state index contributed by atoms with van der Waals surface area (Å²) >= 11 is 7.10. The lowest BCUT2D eigenvalue weighted by Crippen LogP contribution is -2.33. The number of carbonyl (C=O) groups is 1. The van der Waals surface area contributed by atoms with Crippen LogP contribution in [0.4, 0.5) is 0 Å². The van der Waals surface area contributed by atoms with Gasteiger partial charge >= 0.3 is 0 Å². The van der Waals surface area contributed by atoms with Crippen molar-refractivity contribution >= 4 is 29.3 Å². The van der Waals surface area contributed by atoms with Crippen LogP contribution in [0.1, 0.15) is 40.0 Å². The topological polar surface area (TPSA) is 68.0 Å². The van der Waals surface area contributed by atoms with E-state index in [0.717, 1.165) is 18.4 Å². The molecule has 0 radical (unpaired) electrons. The summed E-state index contributed by atoms with van der Waals surface area (Å²) in [5.74, 6) is 1.36. The molecule has 0 spiro atoms. The van der Waals surface area contributed by atoms with Crippen LogP contribution in [0.15, 0.2) is 33.9 Å². The number of benzene rings is 1. The summed E-state index contributed by atoms with van der Waals surface area (Å²) in [4.78, 5) is 12.0. The molecule has 2 rings (SSSR count). The zero-order chi connectivity index (χ0) is 18.2. The van der Waals surface area contributed by atoms with E-state index >= 15 is 0 Å². The van der Waals surface area contributed by atoms with E-state index in [1.807, 2.05) is 19.1 Å².